The van der Waals surface area contributed by atoms with Gasteiger partial charge in [-0.2, -0.15) is 11.8 Å². The summed E-state index contributed by atoms with van der Waals surface area (Å²) in [4.78, 5) is 0. The summed E-state index contributed by atoms with van der Waals surface area (Å²) in [7, 11) is 0. The van der Waals surface area contributed by atoms with Crippen LogP contribution in [0.15, 0.2) is 12.2 Å². The molecule has 1 saturated heterocycles. The van der Waals surface area contributed by atoms with E-state index >= 15 is 0 Å². The molecule has 0 bridgehead atoms. The van der Waals surface area contributed by atoms with Crippen molar-refractivity contribution in [3.05, 3.63) is 12.2 Å². The molecule has 1 aliphatic rings. The summed E-state index contributed by atoms with van der Waals surface area (Å²) in [6.45, 7) is 5.64. The second-order valence-corrected chi connectivity index (χ2v) is 4.06. The third kappa shape index (κ3) is 1.77. The predicted molar refractivity (Wildman–Crippen MR) is 46.3 cm³/mol. The van der Waals surface area contributed by atoms with Crippen LogP contribution < -0.4 is 0 Å². The third-order valence-electron chi connectivity index (χ3n) is 1.92. The molecule has 0 aliphatic carbocycles. The lowest BCUT2D eigenvalue weighted by Crippen LogP contribution is -2.20. The average Bonchev–Trinajstić information content (AvgIpc) is 2.36. The zero-order valence-electron chi connectivity index (χ0n) is 6.34. The van der Waals surface area contributed by atoms with Gasteiger partial charge in [0.25, 0.3) is 0 Å². The molecule has 58 valence electrons. The van der Waals surface area contributed by atoms with Crippen LogP contribution in [-0.2, 0) is 0 Å². The van der Waals surface area contributed by atoms with Crippen molar-refractivity contribution in [2.75, 3.05) is 11.5 Å². The summed E-state index contributed by atoms with van der Waals surface area (Å²) in [5.41, 5.74) is 0.910. The minimum absolute atomic E-state index is 0.255. The first-order valence-corrected chi connectivity index (χ1v) is 4.78. The summed E-state index contributed by atoms with van der Waals surface area (Å²) in [6.07, 6.45) is 0.897. The van der Waals surface area contributed by atoms with Crippen LogP contribution in [0.4, 0.5) is 0 Å². The maximum atomic E-state index is 9.51. The van der Waals surface area contributed by atoms with Crippen LogP contribution >= 0.6 is 11.8 Å². The lowest BCUT2D eigenvalue weighted by molar-refractivity contribution is 0.155. The molecule has 0 aromatic heterocycles. The van der Waals surface area contributed by atoms with Crippen molar-refractivity contribution in [1.29, 1.82) is 0 Å². The summed E-state index contributed by atoms with van der Waals surface area (Å²) in [5, 5.41) is 9.51. The zero-order chi connectivity index (χ0) is 7.56. The molecular formula is C8H14OS. The van der Waals surface area contributed by atoms with Gasteiger partial charge in [0.1, 0.15) is 0 Å². The van der Waals surface area contributed by atoms with Gasteiger partial charge in [0, 0.05) is 0 Å². The van der Waals surface area contributed by atoms with Crippen LogP contribution in [-0.4, -0.2) is 22.7 Å². The van der Waals surface area contributed by atoms with Crippen LogP contribution in [0.25, 0.3) is 0 Å². The smallest absolute Gasteiger partial charge is 0.0781 e. The van der Waals surface area contributed by atoms with Crippen LogP contribution in [0.2, 0.25) is 0 Å². The molecule has 0 amide bonds. The van der Waals surface area contributed by atoms with E-state index in [1.54, 1.807) is 0 Å². The number of thioether (sulfide) groups is 1. The Hall–Kier alpha value is 0.0500. The molecule has 2 atom stereocenters. The maximum Gasteiger partial charge on any atom is 0.0781 e. The quantitative estimate of drug-likeness (QED) is 0.617. The van der Waals surface area contributed by atoms with E-state index in [9.17, 15) is 5.11 Å². The van der Waals surface area contributed by atoms with Gasteiger partial charge in [-0.05, 0) is 30.8 Å². The monoisotopic (exact) mass is 158 g/mol. The summed E-state index contributed by atoms with van der Waals surface area (Å²) < 4.78 is 0. The van der Waals surface area contributed by atoms with Crippen LogP contribution in [0, 0.1) is 5.92 Å². The molecule has 10 heavy (non-hydrogen) atoms. The molecule has 0 aromatic carbocycles. The van der Waals surface area contributed by atoms with Gasteiger partial charge in [0.15, 0.2) is 0 Å². The minimum Gasteiger partial charge on any atom is -0.388 e. The molecule has 0 aromatic rings. The Kier molecular flexibility index (Phi) is 2.81. The molecule has 1 rings (SSSR count). The van der Waals surface area contributed by atoms with E-state index in [2.05, 4.69) is 6.58 Å². The number of aliphatic hydroxyl groups is 1. The number of hydrogen-bond acceptors (Lipinski definition) is 2. The van der Waals surface area contributed by atoms with Crippen LogP contribution in [0.1, 0.15) is 13.3 Å². The van der Waals surface area contributed by atoms with E-state index in [-0.39, 0.29) is 6.10 Å². The van der Waals surface area contributed by atoms with Crippen molar-refractivity contribution in [1.82, 2.24) is 0 Å². The number of rotatable bonds is 2. The van der Waals surface area contributed by atoms with Gasteiger partial charge in [-0.15, -0.1) is 0 Å². The first kappa shape index (κ1) is 8.15. The van der Waals surface area contributed by atoms with Crippen LogP contribution in [0.5, 0.6) is 0 Å². The maximum absolute atomic E-state index is 9.51. The van der Waals surface area contributed by atoms with E-state index in [4.69, 9.17) is 0 Å². The molecule has 1 aliphatic heterocycles. The van der Waals surface area contributed by atoms with Gasteiger partial charge in [-0.25, -0.2) is 0 Å². The van der Waals surface area contributed by atoms with Crippen LogP contribution in [0.3, 0.4) is 0 Å². The number of hydrogen-bond donors (Lipinski definition) is 1. The predicted octanol–water partition coefficient (Wildman–Crippen LogP) is 1.68. The Labute approximate surface area is 66.5 Å². The second-order valence-electron chi connectivity index (χ2n) is 2.91. The molecule has 1 N–H and O–H groups in total. The lowest BCUT2D eigenvalue weighted by atomic mass is 9.97. The Morgan fingerprint density at radius 1 is 1.80 bits per heavy atom. The summed E-state index contributed by atoms with van der Waals surface area (Å²) >= 11 is 1.93. The molecule has 0 radical (unpaired) electrons. The number of aliphatic hydroxyl groups excluding tert-OH is 1. The van der Waals surface area contributed by atoms with E-state index in [1.165, 1.54) is 5.75 Å². The van der Waals surface area contributed by atoms with E-state index in [1.807, 2.05) is 18.7 Å². The van der Waals surface area contributed by atoms with Gasteiger partial charge in [-0.1, -0.05) is 12.2 Å². The van der Waals surface area contributed by atoms with E-state index in [0.29, 0.717) is 5.92 Å². The van der Waals surface area contributed by atoms with Crippen molar-refractivity contribution >= 4 is 11.8 Å². The molecule has 2 heteroatoms. The fourth-order valence-electron chi connectivity index (χ4n) is 1.20. The molecule has 0 saturated carbocycles. The molecule has 1 nitrogen and oxygen atoms in total. The Balaban J connectivity index is 2.39. The second kappa shape index (κ2) is 3.44. The van der Waals surface area contributed by atoms with Gasteiger partial charge in [0.2, 0.25) is 0 Å². The molecule has 0 spiro atoms. The van der Waals surface area contributed by atoms with Crippen molar-refractivity contribution in [3.63, 3.8) is 0 Å². The average molecular weight is 158 g/mol. The topological polar surface area (TPSA) is 20.2 Å². The van der Waals surface area contributed by atoms with Crippen molar-refractivity contribution in [2.24, 2.45) is 5.92 Å². The highest BCUT2D eigenvalue weighted by atomic mass is 32.2. The van der Waals surface area contributed by atoms with E-state index < -0.39 is 0 Å². The van der Waals surface area contributed by atoms with Crippen molar-refractivity contribution in [2.45, 2.75) is 19.4 Å². The highest BCUT2D eigenvalue weighted by molar-refractivity contribution is 7.99. The highest BCUT2D eigenvalue weighted by Crippen LogP contribution is 2.28. The fraction of sp³-hybridized carbons (Fsp3) is 0.750. The van der Waals surface area contributed by atoms with Gasteiger partial charge >= 0.3 is 0 Å². The molecule has 1 heterocycles. The minimum atomic E-state index is -0.255. The van der Waals surface area contributed by atoms with Gasteiger partial charge < -0.3 is 5.11 Å². The Morgan fingerprint density at radius 2 is 2.50 bits per heavy atom. The highest BCUT2D eigenvalue weighted by Gasteiger charge is 2.23. The first-order chi connectivity index (χ1) is 4.72. The SMILES string of the molecule is C=C(C)C(O)C1CCSC1. The van der Waals surface area contributed by atoms with Crippen molar-refractivity contribution < 1.29 is 5.11 Å². The Morgan fingerprint density at radius 3 is 2.90 bits per heavy atom. The zero-order valence-corrected chi connectivity index (χ0v) is 7.16. The normalized spacial score (nSPS) is 28.4. The Bertz CT molecular complexity index is 127. The fourth-order valence-corrected chi connectivity index (χ4v) is 2.49. The molecule has 1 fully saturated rings. The van der Waals surface area contributed by atoms with E-state index in [0.717, 1.165) is 17.7 Å². The first-order valence-electron chi connectivity index (χ1n) is 3.63. The summed E-state index contributed by atoms with van der Waals surface area (Å²) in [6, 6.07) is 0. The van der Waals surface area contributed by atoms with Gasteiger partial charge in [-0.3, -0.25) is 0 Å². The standard InChI is InChI=1S/C8H14OS/c1-6(2)8(9)7-3-4-10-5-7/h7-9H,1,3-5H2,2H3. The summed E-state index contributed by atoms with van der Waals surface area (Å²) in [5.74, 6) is 2.78. The third-order valence-corrected chi connectivity index (χ3v) is 3.10. The molecule has 2 unspecified atom stereocenters. The van der Waals surface area contributed by atoms with Crippen molar-refractivity contribution in [3.8, 4) is 0 Å². The molecular weight excluding hydrogens is 144 g/mol. The largest absolute Gasteiger partial charge is 0.388 e. The van der Waals surface area contributed by atoms with Gasteiger partial charge in [0.05, 0.1) is 6.10 Å². The lowest BCUT2D eigenvalue weighted by Gasteiger charge is -2.16.